The van der Waals surface area contributed by atoms with Crippen molar-refractivity contribution in [3.63, 3.8) is 0 Å². The Balaban J connectivity index is 1.73. The fourth-order valence-corrected chi connectivity index (χ4v) is 2.17. The summed E-state index contributed by atoms with van der Waals surface area (Å²) in [7, 11) is 0. The first-order chi connectivity index (χ1) is 10.7. The maximum Gasteiger partial charge on any atom is 0.251 e. The molecule has 1 heterocycles. The second kappa shape index (κ2) is 6.36. The fourth-order valence-electron chi connectivity index (χ4n) is 1.98. The monoisotopic (exact) mass is 313 g/mol. The van der Waals surface area contributed by atoms with Crippen LogP contribution in [-0.4, -0.2) is 26.1 Å². The standard InChI is InChI=1S/C15H12ClN5O/c16-12-6-4-5-11(9-12)15(22)17-10-14-18-19-20-21(14)13-7-2-1-3-8-13/h1-9H,10H2,(H,17,22). The normalized spacial score (nSPS) is 10.4. The number of hydrogen-bond acceptors (Lipinski definition) is 4. The van der Waals surface area contributed by atoms with Crippen molar-refractivity contribution in [3.8, 4) is 5.69 Å². The molecule has 6 nitrogen and oxygen atoms in total. The predicted octanol–water partition coefficient (Wildman–Crippen LogP) is 2.25. The molecule has 0 saturated carbocycles. The molecule has 0 radical (unpaired) electrons. The minimum Gasteiger partial charge on any atom is -0.345 e. The third kappa shape index (κ3) is 3.12. The van der Waals surface area contributed by atoms with E-state index in [1.165, 1.54) is 0 Å². The van der Waals surface area contributed by atoms with Gasteiger partial charge in [-0.25, -0.2) is 0 Å². The summed E-state index contributed by atoms with van der Waals surface area (Å²) in [4.78, 5) is 12.1. The Bertz CT molecular complexity index is 787. The van der Waals surface area contributed by atoms with Gasteiger partial charge < -0.3 is 5.32 Å². The van der Waals surface area contributed by atoms with Gasteiger partial charge in [-0.3, -0.25) is 4.79 Å². The number of rotatable bonds is 4. The van der Waals surface area contributed by atoms with Gasteiger partial charge in [0.2, 0.25) is 0 Å². The van der Waals surface area contributed by atoms with Gasteiger partial charge in [0, 0.05) is 10.6 Å². The van der Waals surface area contributed by atoms with E-state index in [9.17, 15) is 4.79 Å². The first-order valence-electron chi connectivity index (χ1n) is 6.60. The van der Waals surface area contributed by atoms with Gasteiger partial charge in [-0.2, -0.15) is 4.68 Å². The van der Waals surface area contributed by atoms with Crippen molar-refractivity contribution >= 4 is 17.5 Å². The van der Waals surface area contributed by atoms with E-state index < -0.39 is 0 Å². The number of amides is 1. The van der Waals surface area contributed by atoms with Gasteiger partial charge in [0.25, 0.3) is 5.91 Å². The van der Waals surface area contributed by atoms with Gasteiger partial charge in [0.15, 0.2) is 5.82 Å². The highest BCUT2D eigenvalue weighted by Gasteiger charge is 2.11. The van der Waals surface area contributed by atoms with E-state index >= 15 is 0 Å². The van der Waals surface area contributed by atoms with Gasteiger partial charge >= 0.3 is 0 Å². The molecule has 0 fully saturated rings. The molecule has 1 N–H and O–H groups in total. The summed E-state index contributed by atoms with van der Waals surface area (Å²) < 4.78 is 1.58. The first kappa shape index (κ1) is 14.2. The van der Waals surface area contributed by atoms with Crippen LogP contribution in [-0.2, 0) is 6.54 Å². The molecule has 0 aliphatic rings. The number of carbonyl (C=O) groups is 1. The van der Waals surface area contributed by atoms with Crippen molar-refractivity contribution in [1.82, 2.24) is 25.5 Å². The Morgan fingerprint density at radius 1 is 1.14 bits per heavy atom. The van der Waals surface area contributed by atoms with E-state index in [0.29, 0.717) is 16.4 Å². The summed E-state index contributed by atoms with van der Waals surface area (Å²) in [6.45, 7) is 0.216. The lowest BCUT2D eigenvalue weighted by Gasteiger charge is -2.06. The molecule has 7 heteroatoms. The Morgan fingerprint density at radius 3 is 2.73 bits per heavy atom. The summed E-state index contributed by atoms with van der Waals surface area (Å²) in [6, 6.07) is 16.2. The number of para-hydroxylation sites is 1. The fraction of sp³-hybridized carbons (Fsp3) is 0.0667. The minimum atomic E-state index is -0.231. The number of halogens is 1. The van der Waals surface area contributed by atoms with Crippen LogP contribution >= 0.6 is 11.6 Å². The number of nitrogens with one attached hydrogen (secondary N) is 1. The molecule has 0 atom stereocenters. The second-order valence-corrected chi connectivity index (χ2v) is 4.97. The Hall–Kier alpha value is -2.73. The molecule has 0 bridgehead atoms. The highest BCUT2D eigenvalue weighted by Crippen LogP contribution is 2.11. The van der Waals surface area contributed by atoms with Crippen molar-refractivity contribution in [2.45, 2.75) is 6.54 Å². The highest BCUT2D eigenvalue weighted by atomic mass is 35.5. The summed E-state index contributed by atoms with van der Waals surface area (Å²) in [5, 5.41) is 14.8. The van der Waals surface area contributed by atoms with E-state index in [1.54, 1.807) is 28.9 Å². The van der Waals surface area contributed by atoms with Crippen LogP contribution in [0.2, 0.25) is 5.02 Å². The minimum absolute atomic E-state index is 0.216. The quantitative estimate of drug-likeness (QED) is 0.802. The number of carbonyl (C=O) groups excluding carboxylic acids is 1. The van der Waals surface area contributed by atoms with Crippen molar-refractivity contribution in [2.75, 3.05) is 0 Å². The molecule has 3 aromatic rings. The van der Waals surface area contributed by atoms with Crippen molar-refractivity contribution in [1.29, 1.82) is 0 Å². The lowest BCUT2D eigenvalue weighted by atomic mass is 10.2. The van der Waals surface area contributed by atoms with Crippen molar-refractivity contribution < 1.29 is 4.79 Å². The predicted molar refractivity (Wildman–Crippen MR) is 81.8 cm³/mol. The molecule has 22 heavy (non-hydrogen) atoms. The van der Waals surface area contributed by atoms with Gasteiger partial charge in [0.1, 0.15) is 0 Å². The number of hydrogen-bond donors (Lipinski definition) is 1. The van der Waals surface area contributed by atoms with E-state index in [2.05, 4.69) is 20.8 Å². The van der Waals surface area contributed by atoms with E-state index in [0.717, 1.165) is 5.69 Å². The third-order valence-corrected chi connectivity index (χ3v) is 3.26. The third-order valence-electron chi connectivity index (χ3n) is 3.03. The summed E-state index contributed by atoms with van der Waals surface area (Å²) in [5.41, 5.74) is 1.32. The molecular weight excluding hydrogens is 302 g/mol. The largest absolute Gasteiger partial charge is 0.345 e. The van der Waals surface area contributed by atoms with Crippen LogP contribution in [0.1, 0.15) is 16.2 Å². The molecule has 110 valence electrons. The molecule has 2 aromatic carbocycles. The summed E-state index contributed by atoms with van der Waals surface area (Å²) >= 11 is 5.88. The van der Waals surface area contributed by atoms with Gasteiger partial charge in [-0.05, 0) is 40.8 Å². The Labute approximate surface area is 131 Å². The topological polar surface area (TPSA) is 72.7 Å². The first-order valence-corrected chi connectivity index (χ1v) is 6.98. The molecule has 0 unspecified atom stereocenters. The SMILES string of the molecule is O=C(NCc1nnnn1-c1ccccc1)c1cccc(Cl)c1. The summed E-state index contributed by atoms with van der Waals surface area (Å²) in [5.74, 6) is 0.312. The molecule has 0 spiro atoms. The van der Waals surface area contributed by atoms with Crippen LogP contribution in [0.4, 0.5) is 0 Å². The van der Waals surface area contributed by atoms with Gasteiger partial charge in [-0.1, -0.05) is 35.9 Å². The number of aromatic nitrogens is 4. The molecule has 0 aliphatic carbocycles. The average Bonchev–Trinajstić information content (AvgIpc) is 3.02. The lowest BCUT2D eigenvalue weighted by Crippen LogP contribution is -2.24. The zero-order valence-electron chi connectivity index (χ0n) is 11.5. The lowest BCUT2D eigenvalue weighted by molar-refractivity contribution is 0.0949. The van der Waals surface area contributed by atoms with Gasteiger partial charge in [-0.15, -0.1) is 5.10 Å². The van der Waals surface area contributed by atoms with E-state index in [4.69, 9.17) is 11.6 Å². The van der Waals surface area contributed by atoms with E-state index in [-0.39, 0.29) is 12.5 Å². The molecule has 0 saturated heterocycles. The molecular formula is C15H12ClN5O. The van der Waals surface area contributed by atoms with Crippen LogP contribution in [0.5, 0.6) is 0 Å². The zero-order valence-corrected chi connectivity index (χ0v) is 12.2. The molecule has 3 rings (SSSR count). The maximum atomic E-state index is 12.1. The number of tetrazole rings is 1. The smallest absolute Gasteiger partial charge is 0.251 e. The van der Waals surface area contributed by atoms with E-state index in [1.807, 2.05) is 30.3 Å². The Kier molecular flexibility index (Phi) is 4.11. The van der Waals surface area contributed by atoms with Crippen LogP contribution in [0.25, 0.3) is 5.69 Å². The molecule has 0 aliphatic heterocycles. The number of nitrogens with zero attached hydrogens (tertiary/aromatic N) is 4. The molecule has 1 aromatic heterocycles. The number of benzene rings is 2. The maximum absolute atomic E-state index is 12.1. The van der Waals surface area contributed by atoms with Gasteiger partial charge in [0.05, 0.1) is 12.2 Å². The van der Waals surface area contributed by atoms with Crippen LogP contribution in [0, 0.1) is 0 Å². The van der Waals surface area contributed by atoms with Crippen LogP contribution in [0.3, 0.4) is 0 Å². The highest BCUT2D eigenvalue weighted by molar-refractivity contribution is 6.30. The Morgan fingerprint density at radius 2 is 1.95 bits per heavy atom. The zero-order chi connectivity index (χ0) is 15.4. The second-order valence-electron chi connectivity index (χ2n) is 4.54. The average molecular weight is 314 g/mol. The summed E-state index contributed by atoms with van der Waals surface area (Å²) in [6.07, 6.45) is 0. The van der Waals surface area contributed by atoms with Crippen LogP contribution < -0.4 is 5.32 Å². The van der Waals surface area contributed by atoms with Crippen molar-refractivity contribution in [2.24, 2.45) is 0 Å². The molecule has 1 amide bonds. The van der Waals surface area contributed by atoms with Crippen LogP contribution in [0.15, 0.2) is 54.6 Å². The van der Waals surface area contributed by atoms with Crippen molar-refractivity contribution in [3.05, 3.63) is 71.0 Å².